The number of rotatable bonds is 0. The van der Waals surface area contributed by atoms with Crippen LogP contribution in [0.2, 0.25) is 0 Å². The van der Waals surface area contributed by atoms with Crippen molar-refractivity contribution < 1.29 is 0 Å². The molecule has 90 valence electrons. The standard InChI is InChI=1S/C16H16N2/c1-11-10-18-15(17(11)2)9-13-8-7-12-5-3-4-6-14(12)16(13)18/h3-8,10,15H,9H2,1-2H3. The zero-order valence-electron chi connectivity index (χ0n) is 10.7. The molecule has 2 aromatic carbocycles. The number of benzene rings is 2. The Morgan fingerprint density at radius 3 is 2.83 bits per heavy atom. The van der Waals surface area contributed by atoms with Crippen LogP contribution in [0, 0.1) is 0 Å². The highest BCUT2D eigenvalue weighted by atomic mass is 15.4. The number of likely N-dealkylation sites (N-methyl/N-ethyl adjacent to an activating group) is 1. The average Bonchev–Trinajstić information content (AvgIpc) is 2.88. The van der Waals surface area contributed by atoms with E-state index < -0.39 is 0 Å². The summed E-state index contributed by atoms with van der Waals surface area (Å²) in [7, 11) is 2.19. The lowest BCUT2D eigenvalue weighted by molar-refractivity contribution is 0.344. The Hall–Kier alpha value is -1.96. The second kappa shape index (κ2) is 3.29. The predicted molar refractivity (Wildman–Crippen MR) is 75.4 cm³/mol. The van der Waals surface area contributed by atoms with Crippen molar-refractivity contribution in [3.05, 3.63) is 53.9 Å². The molecule has 2 heterocycles. The Morgan fingerprint density at radius 2 is 1.94 bits per heavy atom. The Morgan fingerprint density at radius 1 is 1.11 bits per heavy atom. The molecule has 2 aromatic rings. The first kappa shape index (κ1) is 10.0. The first-order chi connectivity index (χ1) is 8.75. The van der Waals surface area contributed by atoms with Crippen molar-refractivity contribution in [2.75, 3.05) is 11.9 Å². The van der Waals surface area contributed by atoms with Crippen molar-refractivity contribution in [2.24, 2.45) is 0 Å². The molecular weight excluding hydrogens is 220 g/mol. The van der Waals surface area contributed by atoms with E-state index in [1.807, 2.05) is 0 Å². The maximum atomic E-state index is 2.44. The Bertz CT molecular complexity index is 672. The third-order valence-electron chi connectivity index (χ3n) is 4.30. The Balaban J connectivity index is 2.00. The SMILES string of the molecule is CC1=CN2c3c(ccc4ccccc34)CC2N1C. The number of nitrogens with zero attached hydrogens (tertiary/aromatic N) is 2. The molecule has 0 fully saturated rings. The summed E-state index contributed by atoms with van der Waals surface area (Å²) >= 11 is 0. The number of hydrogen-bond acceptors (Lipinski definition) is 2. The summed E-state index contributed by atoms with van der Waals surface area (Å²) in [4.78, 5) is 4.81. The van der Waals surface area contributed by atoms with E-state index in [-0.39, 0.29) is 0 Å². The minimum Gasteiger partial charge on any atom is -0.356 e. The largest absolute Gasteiger partial charge is 0.356 e. The fourth-order valence-corrected chi connectivity index (χ4v) is 3.22. The van der Waals surface area contributed by atoms with Gasteiger partial charge in [-0.2, -0.15) is 0 Å². The lowest BCUT2D eigenvalue weighted by atomic mass is 10.0. The van der Waals surface area contributed by atoms with Crippen molar-refractivity contribution in [1.82, 2.24) is 4.90 Å². The topological polar surface area (TPSA) is 6.48 Å². The van der Waals surface area contributed by atoms with Crippen LogP contribution in [0.1, 0.15) is 12.5 Å². The van der Waals surface area contributed by atoms with E-state index in [0.717, 1.165) is 6.42 Å². The molecule has 2 nitrogen and oxygen atoms in total. The molecule has 0 saturated heterocycles. The summed E-state index contributed by atoms with van der Waals surface area (Å²) in [6.45, 7) is 2.18. The first-order valence-corrected chi connectivity index (χ1v) is 6.46. The van der Waals surface area contributed by atoms with E-state index in [1.165, 1.54) is 27.7 Å². The van der Waals surface area contributed by atoms with Crippen LogP contribution in [-0.2, 0) is 6.42 Å². The van der Waals surface area contributed by atoms with Crippen LogP contribution in [0.15, 0.2) is 48.3 Å². The highest BCUT2D eigenvalue weighted by Gasteiger charge is 2.36. The molecule has 0 bridgehead atoms. The molecule has 2 aliphatic heterocycles. The van der Waals surface area contributed by atoms with E-state index in [9.17, 15) is 0 Å². The van der Waals surface area contributed by atoms with Gasteiger partial charge in [-0.3, -0.25) is 0 Å². The van der Waals surface area contributed by atoms with Crippen LogP contribution in [0.3, 0.4) is 0 Å². The summed E-state index contributed by atoms with van der Waals surface area (Å²) < 4.78 is 0. The second-order valence-corrected chi connectivity index (χ2v) is 5.27. The van der Waals surface area contributed by atoms with Gasteiger partial charge in [0.1, 0.15) is 6.17 Å². The van der Waals surface area contributed by atoms with Gasteiger partial charge >= 0.3 is 0 Å². The lowest BCUT2D eigenvalue weighted by Crippen LogP contribution is -2.34. The second-order valence-electron chi connectivity index (χ2n) is 5.27. The van der Waals surface area contributed by atoms with Gasteiger partial charge in [0.15, 0.2) is 0 Å². The minimum atomic E-state index is 0.478. The third kappa shape index (κ3) is 1.13. The number of allylic oxidation sites excluding steroid dienone is 1. The highest BCUT2D eigenvalue weighted by Crippen LogP contribution is 2.42. The molecule has 1 atom stereocenters. The van der Waals surface area contributed by atoms with Crippen LogP contribution in [-0.4, -0.2) is 18.1 Å². The van der Waals surface area contributed by atoms with Gasteiger partial charge in [-0.15, -0.1) is 0 Å². The van der Waals surface area contributed by atoms with Crippen molar-refractivity contribution in [1.29, 1.82) is 0 Å². The van der Waals surface area contributed by atoms with Gasteiger partial charge in [0.2, 0.25) is 0 Å². The first-order valence-electron chi connectivity index (χ1n) is 6.46. The molecule has 0 N–H and O–H groups in total. The molecule has 2 heteroatoms. The summed E-state index contributed by atoms with van der Waals surface area (Å²) in [5, 5.41) is 2.70. The molecule has 2 aliphatic rings. The molecule has 0 aliphatic carbocycles. The lowest BCUT2D eigenvalue weighted by Gasteiger charge is -2.25. The van der Waals surface area contributed by atoms with Crippen LogP contribution in [0.5, 0.6) is 0 Å². The quantitative estimate of drug-likeness (QED) is 0.692. The molecule has 0 saturated carbocycles. The van der Waals surface area contributed by atoms with Crippen molar-refractivity contribution in [3.63, 3.8) is 0 Å². The van der Waals surface area contributed by atoms with Gasteiger partial charge in [-0.25, -0.2) is 0 Å². The summed E-state index contributed by atoms with van der Waals surface area (Å²) in [6.07, 6.45) is 3.87. The molecule has 18 heavy (non-hydrogen) atoms. The Kier molecular flexibility index (Phi) is 1.83. The molecule has 4 rings (SSSR count). The van der Waals surface area contributed by atoms with Gasteiger partial charge in [0.25, 0.3) is 0 Å². The van der Waals surface area contributed by atoms with E-state index >= 15 is 0 Å². The van der Waals surface area contributed by atoms with Crippen LogP contribution in [0.4, 0.5) is 5.69 Å². The number of anilines is 1. The van der Waals surface area contributed by atoms with Gasteiger partial charge in [-0.1, -0.05) is 36.4 Å². The van der Waals surface area contributed by atoms with Gasteiger partial charge < -0.3 is 9.80 Å². The molecular formula is C16H16N2. The number of fused-ring (bicyclic) bond motifs is 5. The normalized spacial score (nSPS) is 21.2. The average molecular weight is 236 g/mol. The molecule has 0 aromatic heterocycles. The fraction of sp³-hybridized carbons (Fsp3) is 0.250. The maximum absolute atomic E-state index is 2.44. The molecule has 0 radical (unpaired) electrons. The maximum Gasteiger partial charge on any atom is 0.109 e. The van der Waals surface area contributed by atoms with Crippen LogP contribution >= 0.6 is 0 Å². The van der Waals surface area contributed by atoms with Gasteiger partial charge in [-0.05, 0) is 17.9 Å². The van der Waals surface area contributed by atoms with E-state index in [0.29, 0.717) is 6.17 Å². The molecule has 1 unspecified atom stereocenters. The molecule has 0 spiro atoms. The van der Waals surface area contributed by atoms with Crippen molar-refractivity contribution in [2.45, 2.75) is 19.5 Å². The third-order valence-corrected chi connectivity index (χ3v) is 4.30. The van der Waals surface area contributed by atoms with Gasteiger partial charge in [0.05, 0.1) is 5.69 Å². The highest BCUT2D eigenvalue weighted by molar-refractivity contribution is 5.97. The molecule has 0 amide bonds. The fourth-order valence-electron chi connectivity index (χ4n) is 3.22. The van der Waals surface area contributed by atoms with Crippen LogP contribution in [0.25, 0.3) is 10.8 Å². The summed E-state index contributed by atoms with van der Waals surface area (Å²) in [5.74, 6) is 0. The number of hydrogen-bond donors (Lipinski definition) is 0. The van der Waals surface area contributed by atoms with E-state index in [1.54, 1.807) is 0 Å². The smallest absolute Gasteiger partial charge is 0.109 e. The zero-order chi connectivity index (χ0) is 12.3. The monoisotopic (exact) mass is 236 g/mol. The summed E-state index contributed by atoms with van der Waals surface area (Å²) in [5.41, 5.74) is 4.22. The van der Waals surface area contributed by atoms with E-state index in [2.05, 4.69) is 66.4 Å². The minimum absolute atomic E-state index is 0.478. The Labute approximate surface area is 107 Å². The zero-order valence-corrected chi connectivity index (χ0v) is 10.7. The van der Waals surface area contributed by atoms with Crippen molar-refractivity contribution >= 4 is 16.5 Å². The predicted octanol–water partition coefficient (Wildman–Crippen LogP) is 3.34. The van der Waals surface area contributed by atoms with Gasteiger partial charge in [0, 0.05) is 30.8 Å². The van der Waals surface area contributed by atoms with E-state index in [4.69, 9.17) is 0 Å². The van der Waals surface area contributed by atoms with Crippen LogP contribution < -0.4 is 4.90 Å². The summed E-state index contributed by atoms with van der Waals surface area (Å²) in [6, 6.07) is 13.2. The van der Waals surface area contributed by atoms with Crippen molar-refractivity contribution in [3.8, 4) is 0 Å².